The first-order valence-corrected chi connectivity index (χ1v) is 5.82. The van der Waals surface area contributed by atoms with Gasteiger partial charge in [0.05, 0.1) is 11.4 Å². The largest absolute Gasteiger partial charge is 0.483 e. The number of Topliss-reactive ketones (excluding diaryl/α,β-unsaturated/α-hetero) is 1. The van der Waals surface area contributed by atoms with Gasteiger partial charge in [0, 0.05) is 12.1 Å². The van der Waals surface area contributed by atoms with Crippen molar-refractivity contribution < 1.29 is 18.7 Å². The average molecular weight is 294 g/mol. The second kappa shape index (κ2) is 6.56. The summed E-state index contributed by atoms with van der Waals surface area (Å²) in [5.41, 5.74) is -0.307. The van der Waals surface area contributed by atoms with Crippen molar-refractivity contribution in [3.8, 4) is 5.75 Å². The summed E-state index contributed by atoms with van der Waals surface area (Å²) in [4.78, 5) is 22.5. The Morgan fingerprint density at radius 2 is 2.11 bits per heavy atom. The van der Waals surface area contributed by atoms with Crippen LogP contribution in [0, 0.1) is 5.82 Å². The fraction of sp³-hybridized carbons (Fsp3) is 0.273. The molecular weight excluding hydrogens is 284 g/mol. The highest BCUT2D eigenvalue weighted by Crippen LogP contribution is 2.27. The highest BCUT2D eigenvalue weighted by Gasteiger charge is 2.19. The van der Waals surface area contributed by atoms with Crippen LogP contribution in [0.5, 0.6) is 5.75 Å². The molecule has 0 aliphatic carbocycles. The van der Waals surface area contributed by atoms with E-state index < -0.39 is 23.4 Å². The van der Waals surface area contributed by atoms with E-state index in [0.717, 1.165) is 6.07 Å². The molecule has 18 heavy (non-hydrogen) atoms. The van der Waals surface area contributed by atoms with E-state index in [1.807, 2.05) is 0 Å². The van der Waals surface area contributed by atoms with Gasteiger partial charge in [0.2, 0.25) is 0 Å². The number of halogens is 3. The molecule has 0 atom stereocenters. The molecule has 7 heteroatoms. The zero-order chi connectivity index (χ0) is 13.7. The molecular formula is C11H10Cl2FNO3. The van der Waals surface area contributed by atoms with Gasteiger partial charge in [0.1, 0.15) is 11.6 Å². The third-order valence-corrected chi connectivity index (χ3v) is 2.52. The summed E-state index contributed by atoms with van der Waals surface area (Å²) in [7, 11) is 1.43. The minimum absolute atomic E-state index is 0.0607. The Morgan fingerprint density at radius 1 is 1.44 bits per heavy atom. The molecule has 0 saturated heterocycles. The van der Waals surface area contributed by atoms with Crippen LogP contribution in [0.25, 0.3) is 0 Å². The van der Waals surface area contributed by atoms with Gasteiger partial charge < -0.3 is 10.1 Å². The van der Waals surface area contributed by atoms with Crippen LogP contribution in [0.2, 0.25) is 5.02 Å². The topological polar surface area (TPSA) is 55.4 Å². The Hall–Kier alpha value is -1.33. The van der Waals surface area contributed by atoms with Gasteiger partial charge in [-0.1, -0.05) is 11.6 Å². The Morgan fingerprint density at radius 3 is 2.67 bits per heavy atom. The molecule has 0 bridgehead atoms. The van der Waals surface area contributed by atoms with E-state index in [-0.39, 0.29) is 22.9 Å². The second-order valence-electron chi connectivity index (χ2n) is 3.28. The van der Waals surface area contributed by atoms with Gasteiger partial charge in [-0.05, 0) is 12.1 Å². The quantitative estimate of drug-likeness (QED) is 0.667. The van der Waals surface area contributed by atoms with Crippen molar-refractivity contribution in [2.45, 2.75) is 0 Å². The molecule has 0 unspecified atom stereocenters. The second-order valence-corrected chi connectivity index (χ2v) is 3.98. The van der Waals surface area contributed by atoms with Crippen molar-refractivity contribution in [1.29, 1.82) is 0 Å². The predicted molar refractivity (Wildman–Crippen MR) is 66.0 cm³/mol. The summed E-state index contributed by atoms with van der Waals surface area (Å²) in [5.74, 6) is -2.39. The van der Waals surface area contributed by atoms with Crippen LogP contribution in [0.1, 0.15) is 10.4 Å². The fourth-order valence-electron chi connectivity index (χ4n) is 1.22. The lowest BCUT2D eigenvalue weighted by molar-refractivity contribution is -0.122. The number of ether oxygens (including phenoxy) is 1. The van der Waals surface area contributed by atoms with E-state index in [4.69, 9.17) is 27.9 Å². The minimum Gasteiger partial charge on any atom is -0.483 e. The molecule has 1 amide bonds. The standard InChI is InChI=1S/C11H10Cl2FNO3/c1-15-10(17)5-18-9-3-6(13)2-7(14)11(9)8(16)4-12/h2-3H,4-5H2,1H3,(H,15,17). The van der Waals surface area contributed by atoms with Gasteiger partial charge in [-0.3, -0.25) is 9.59 Å². The van der Waals surface area contributed by atoms with Crippen molar-refractivity contribution in [2.75, 3.05) is 19.5 Å². The summed E-state index contributed by atoms with van der Waals surface area (Å²) >= 11 is 11.0. The Labute approximate surface area is 113 Å². The van der Waals surface area contributed by atoms with E-state index in [9.17, 15) is 14.0 Å². The zero-order valence-electron chi connectivity index (χ0n) is 9.43. The number of alkyl halides is 1. The van der Waals surface area contributed by atoms with Crippen LogP contribution in [-0.2, 0) is 4.79 Å². The molecule has 0 heterocycles. The number of amides is 1. The lowest BCUT2D eigenvalue weighted by atomic mass is 10.1. The minimum atomic E-state index is -0.833. The number of ketones is 1. The number of carbonyl (C=O) groups is 2. The smallest absolute Gasteiger partial charge is 0.257 e. The maximum atomic E-state index is 13.6. The van der Waals surface area contributed by atoms with Crippen LogP contribution < -0.4 is 10.1 Å². The van der Waals surface area contributed by atoms with Crippen LogP contribution in [0.3, 0.4) is 0 Å². The lowest BCUT2D eigenvalue weighted by Gasteiger charge is -2.11. The first-order valence-electron chi connectivity index (χ1n) is 4.91. The van der Waals surface area contributed by atoms with Crippen LogP contribution >= 0.6 is 23.2 Å². The van der Waals surface area contributed by atoms with Crippen molar-refractivity contribution in [2.24, 2.45) is 0 Å². The molecule has 4 nitrogen and oxygen atoms in total. The fourth-order valence-corrected chi connectivity index (χ4v) is 1.55. The van der Waals surface area contributed by atoms with Crippen LogP contribution in [-0.4, -0.2) is 31.2 Å². The summed E-state index contributed by atoms with van der Waals surface area (Å²) < 4.78 is 18.7. The number of hydrogen-bond donors (Lipinski definition) is 1. The maximum Gasteiger partial charge on any atom is 0.257 e. The summed E-state index contributed by atoms with van der Waals surface area (Å²) in [6.07, 6.45) is 0. The van der Waals surface area contributed by atoms with Gasteiger partial charge >= 0.3 is 0 Å². The van der Waals surface area contributed by atoms with Gasteiger partial charge in [0.25, 0.3) is 5.91 Å². The molecule has 0 aliphatic rings. The summed E-state index contributed by atoms with van der Waals surface area (Å²) in [5, 5.41) is 2.39. The molecule has 98 valence electrons. The van der Waals surface area contributed by atoms with Crippen molar-refractivity contribution >= 4 is 34.9 Å². The van der Waals surface area contributed by atoms with Gasteiger partial charge in [-0.15, -0.1) is 11.6 Å². The normalized spacial score (nSPS) is 10.0. The first kappa shape index (κ1) is 14.7. The van der Waals surface area contributed by atoms with Crippen molar-refractivity contribution in [1.82, 2.24) is 5.32 Å². The third kappa shape index (κ3) is 3.58. The summed E-state index contributed by atoms with van der Waals surface area (Å²) in [6.45, 7) is -0.348. The number of carbonyl (C=O) groups excluding carboxylic acids is 2. The van der Waals surface area contributed by atoms with E-state index in [2.05, 4.69) is 5.32 Å². The Bertz CT molecular complexity index is 480. The molecule has 0 radical (unpaired) electrons. The van der Waals surface area contributed by atoms with Gasteiger partial charge in [-0.25, -0.2) is 4.39 Å². The van der Waals surface area contributed by atoms with Crippen molar-refractivity contribution in [3.63, 3.8) is 0 Å². The lowest BCUT2D eigenvalue weighted by Crippen LogP contribution is -2.25. The third-order valence-electron chi connectivity index (χ3n) is 2.06. The average Bonchev–Trinajstić information content (AvgIpc) is 2.34. The number of benzene rings is 1. The summed E-state index contributed by atoms with van der Waals surface area (Å²) in [6, 6.07) is 2.24. The molecule has 1 aromatic rings. The van der Waals surface area contributed by atoms with Gasteiger partial charge in [0.15, 0.2) is 12.4 Å². The van der Waals surface area contributed by atoms with Gasteiger partial charge in [-0.2, -0.15) is 0 Å². The monoisotopic (exact) mass is 293 g/mol. The first-order chi connectivity index (χ1) is 8.49. The van der Waals surface area contributed by atoms with E-state index >= 15 is 0 Å². The van der Waals surface area contributed by atoms with E-state index in [0.29, 0.717) is 0 Å². The maximum absolute atomic E-state index is 13.6. The Kier molecular flexibility index (Phi) is 5.37. The van der Waals surface area contributed by atoms with Crippen LogP contribution in [0.15, 0.2) is 12.1 Å². The molecule has 0 spiro atoms. The number of nitrogens with one attached hydrogen (secondary N) is 1. The highest BCUT2D eigenvalue weighted by molar-refractivity contribution is 6.32. The molecule has 1 N–H and O–H groups in total. The number of rotatable bonds is 5. The van der Waals surface area contributed by atoms with E-state index in [1.54, 1.807) is 0 Å². The highest BCUT2D eigenvalue weighted by atomic mass is 35.5. The molecule has 1 rings (SSSR count). The predicted octanol–water partition coefficient (Wildman–Crippen LogP) is 2.03. The number of hydrogen-bond acceptors (Lipinski definition) is 3. The molecule has 0 fully saturated rings. The molecule has 0 aliphatic heterocycles. The molecule has 0 aromatic heterocycles. The van der Waals surface area contributed by atoms with Crippen molar-refractivity contribution in [3.05, 3.63) is 28.5 Å². The molecule has 1 aromatic carbocycles. The van der Waals surface area contributed by atoms with Crippen LogP contribution in [0.4, 0.5) is 4.39 Å². The van der Waals surface area contributed by atoms with E-state index in [1.165, 1.54) is 13.1 Å². The Balaban J connectivity index is 3.07. The SMILES string of the molecule is CNC(=O)COc1cc(Cl)cc(F)c1C(=O)CCl. The zero-order valence-corrected chi connectivity index (χ0v) is 10.9. The molecule has 0 saturated carbocycles. The number of likely N-dealkylation sites (N-methyl/N-ethyl adjacent to an activating group) is 1.